The number of nitrogens with zero attached hydrogens (tertiary/aromatic N) is 2. The van der Waals surface area contributed by atoms with Gasteiger partial charge in [0.1, 0.15) is 16.5 Å². The number of nitrogens with one attached hydrogen (secondary N) is 1. The molecule has 1 N–H and O–H groups in total. The first-order chi connectivity index (χ1) is 12.1. The molecule has 132 valence electrons. The summed E-state index contributed by atoms with van der Waals surface area (Å²) >= 11 is 1.21. The molecule has 1 aromatic heterocycles. The molecule has 0 aliphatic carbocycles. The van der Waals surface area contributed by atoms with Gasteiger partial charge in [-0.05, 0) is 12.1 Å². The third kappa shape index (κ3) is 4.40. The highest BCUT2D eigenvalue weighted by Gasteiger charge is 2.17. The van der Waals surface area contributed by atoms with Crippen molar-refractivity contribution < 1.29 is 18.7 Å². The van der Waals surface area contributed by atoms with Crippen molar-refractivity contribution in [3.63, 3.8) is 0 Å². The first-order valence-corrected chi connectivity index (χ1v) is 8.87. The lowest BCUT2D eigenvalue weighted by Gasteiger charge is -2.26. The Labute approximate surface area is 148 Å². The van der Waals surface area contributed by atoms with Crippen LogP contribution < -0.4 is 5.32 Å². The number of benzene rings is 1. The number of thiazole rings is 1. The van der Waals surface area contributed by atoms with Gasteiger partial charge < -0.3 is 15.0 Å². The van der Waals surface area contributed by atoms with Crippen molar-refractivity contribution in [2.24, 2.45) is 0 Å². The van der Waals surface area contributed by atoms with Gasteiger partial charge in [0, 0.05) is 37.0 Å². The highest BCUT2D eigenvalue weighted by molar-refractivity contribution is 7.13. The summed E-state index contributed by atoms with van der Waals surface area (Å²) in [4.78, 5) is 30.0. The van der Waals surface area contributed by atoms with Crippen LogP contribution in [0.15, 0.2) is 29.6 Å². The van der Waals surface area contributed by atoms with Gasteiger partial charge in [-0.2, -0.15) is 0 Å². The number of hydrogen-bond donors (Lipinski definition) is 1. The van der Waals surface area contributed by atoms with E-state index in [0.717, 1.165) is 0 Å². The number of rotatable bonds is 5. The van der Waals surface area contributed by atoms with Crippen LogP contribution in [0.1, 0.15) is 16.9 Å². The fourth-order valence-corrected chi connectivity index (χ4v) is 3.31. The molecule has 0 atom stereocenters. The summed E-state index contributed by atoms with van der Waals surface area (Å²) < 4.78 is 19.0. The van der Waals surface area contributed by atoms with Crippen LogP contribution in [0.25, 0.3) is 10.6 Å². The van der Waals surface area contributed by atoms with Gasteiger partial charge in [-0.1, -0.05) is 12.1 Å². The van der Waals surface area contributed by atoms with E-state index in [-0.39, 0.29) is 36.3 Å². The quantitative estimate of drug-likeness (QED) is 0.881. The molecular weight excluding hydrogens is 345 g/mol. The summed E-state index contributed by atoms with van der Waals surface area (Å²) in [5.74, 6) is -0.748. The van der Waals surface area contributed by atoms with Crippen LogP contribution in [0.5, 0.6) is 0 Å². The van der Waals surface area contributed by atoms with E-state index in [1.807, 2.05) is 0 Å². The van der Waals surface area contributed by atoms with Gasteiger partial charge in [-0.25, -0.2) is 9.37 Å². The SMILES string of the molecule is O=C(NCCC(=O)N1CCOCC1)c1csc(-c2ccccc2F)n1. The predicted molar refractivity (Wildman–Crippen MR) is 91.9 cm³/mol. The molecule has 1 fully saturated rings. The van der Waals surface area contributed by atoms with E-state index in [4.69, 9.17) is 4.74 Å². The Morgan fingerprint density at radius 1 is 1.28 bits per heavy atom. The summed E-state index contributed by atoms with van der Waals surface area (Å²) in [6.45, 7) is 2.52. The second kappa shape index (κ2) is 8.17. The zero-order chi connectivity index (χ0) is 17.6. The number of hydrogen-bond acceptors (Lipinski definition) is 5. The Morgan fingerprint density at radius 2 is 2.04 bits per heavy atom. The van der Waals surface area contributed by atoms with Crippen LogP contribution in [0.2, 0.25) is 0 Å². The van der Waals surface area contributed by atoms with Crippen molar-refractivity contribution >= 4 is 23.2 Å². The second-order valence-electron chi connectivity index (χ2n) is 5.52. The highest BCUT2D eigenvalue weighted by atomic mass is 32.1. The Balaban J connectivity index is 1.52. The van der Waals surface area contributed by atoms with Crippen molar-refractivity contribution in [1.82, 2.24) is 15.2 Å². The maximum atomic E-state index is 13.8. The Bertz CT molecular complexity index is 759. The van der Waals surface area contributed by atoms with Crippen LogP contribution >= 0.6 is 11.3 Å². The molecule has 1 aliphatic heterocycles. The van der Waals surface area contributed by atoms with E-state index < -0.39 is 0 Å². The van der Waals surface area contributed by atoms with E-state index in [2.05, 4.69) is 10.3 Å². The third-order valence-corrected chi connectivity index (χ3v) is 4.70. The number of halogens is 1. The van der Waals surface area contributed by atoms with Gasteiger partial charge in [0.2, 0.25) is 5.91 Å². The predicted octanol–water partition coefficient (Wildman–Crippen LogP) is 1.93. The van der Waals surface area contributed by atoms with Gasteiger partial charge in [-0.15, -0.1) is 11.3 Å². The molecule has 3 rings (SSSR count). The highest BCUT2D eigenvalue weighted by Crippen LogP contribution is 2.25. The minimum absolute atomic E-state index is 0.00563. The molecule has 1 aliphatic rings. The number of ether oxygens (including phenoxy) is 1. The van der Waals surface area contributed by atoms with Crippen molar-refractivity contribution in [3.8, 4) is 10.6 Å². The molecule has 0 radical (unpaired) electrons. The van der Waals surface area contributed by atoms with Crippen molar-refractivity contribution in [3.05, 3.63) is 41.2 Å². The Morgan fingerprint density at radius 3 is 2.80 bits per heavy atom. The van der Waals surface area contributed by atoms with E-state index in [1.54, 1.807) is 28.5 Å². The van der Waals surface area contributed by atoms with Gasteiger partial charge in [0.15, 0.2) is 0 Å². The lowest BCUT2D eigenvalue weighted by atomic mass is 10.2. The van der Waals surface area contributed by atoms with Gasteiger partial charge in [0.25, 0.3) is 5.91 Å². The van der Waals surface area contributed by atoms with Gasteiger partial charge >= 0.3 is 0 Å². The van der Waals surface area contributed by atoms with Crippen LogP contribution in [0.4, 0.5) is 4.39 Å². The van der Waals surface area contributed by atoms with Gasteiger partial charge in [0.05, 0.1) is 13.2 Å². The summed E-state index contributed by atoms with van der Waals surface area (Å²) in [7, 11) is 0. The van der Waals surface area contributed by atoms with E-state index >= 15 is 0 Å². The molecule has 2 amide bonds. The number of amides is 2. The van der Waals surface area contributed by atoms with Crippen molar-refractivity contribution in [2.45, 2.75) is 6.42 Å². The molecule has 0 unspecified atom stereocenters. The minimum atomic E-state index is -0.375. The van der Waals surface area contributed by atoms with Crippen LogP contribution in [0, 0.1) is 5.82 Å². The summed E-state index contributed by atoms with van der Waals surface area (Å²) in [5.41, 5.74) is 0.594. The van der Waals surface area contributed by atoms with E-state index in [0.29, 0.717) is 36.9 Å². The van der Waals surface area contributed by atoms with Crippen LogP contribution in [0.3, 0.4) is 0 Å². The number of morpholine rings is 1. The molecule has 2 aromatic rings. The smallest absolute Gasteiger partial charge is 0.270 e. The normalized spacial score (nSPS) is 14.4. The van der Waals surface area contributed by atoms with Gasteiger partial charge in [-0.3, -0.25) is 9.59 Å². The fourth-order valence-electron chi connectivity index (χ4n) is 2.48. The first kappa shape index (κ1) is 17.5. The number of carbonyl (C=O) groups is 2. The second-order valence-corrected chi connectivity index (χ2v) is 6.37. The monoisotopic (exact) mass is 363 g/mol. The minimum Gasteiger partial charge on any atom is -0.378 e. The molecule has 0 saturated carbocycles. The lowest BCUT2D eigenvalue weighted by molar-refractivity contribution is -0.135. The lowest BCUT2D eigenvalue weighted by Crippen LogP contribution is -2.42. The zero-order valence-corrected chi connectivity index (χ0v) is 14.4. The molecule has 1 saturated heterocycles. The maximum absolute atomic E-state index is 13.8. The summed E-state index contributed by atoms with van der Waals surface area (Å²) in [5, 5.41) is 4.72. The standard InChI is InChI=1S/C17H18FN3O3S/c18-13-4-2-1-3-12(13)17-20-14(11-25-17)16(23)19-6-5-15(22)21-7-9-24-10-8-21/h1-4,11H,5-10H2,(H,19,23). The van der Waals surface area contributed by atoms with Crippen molar-refractivity contribution in [2.75, 3.05) is 32.8 Å². The molecule has 0 spiro atoms. The Hall–Kier alpha value is -2.32. The van der Waals surface area contributed by atoms with E-state index in [9.17, 15) is 14.0 Å². The third-order valence-electron chi connectivity index (χ3n) is 3.83. The molecule has 1 aromatic carbocycles. The molecule has 6 nitrogen and oxygen atoms in total. The summed E-state index contributed by atoms with van der Waals surface area (Å²) in [6, 6.07) is 6.30. The topological polar surface area (TPSA) is 71.5 Å². The molecule has 2 heterocycles. The Kier molecular flexibility index (Phi) is 5.72. The average molecular weight is 363 g/mol. The van der Waals surface area contributed by atoms with Crippen molar-refractivity contribution in [1.29, 1.82) is 0 Å². The molecule has 25 heavy (non-hydrogen) atoms. The van der Waals surface area contributed by atoms with Crippen LogP contribution in [-0.2, 0) is 9.53 Å². The van der Waals surface area contributed by atoms with E-state index in [1.165, 1.54) is 17.4 Å². The maximum Gasteiger partial charge on any atom is 0.270 e. The number of carbonyl (C=O) groups excluding carboxylic acids is 2. The number of aromatic nitrogens is 1. The fraction of sp³-hybridized carbons (Fsp3) is 0.353. The summed E-state index contributed by atoms with van der Waals surface area (Å²) in [6.07, 6.45) is 0.232. The van der Waals surface area contributed by atoms with Crippen LogP contribution in [-0.4, -0.2) is 54.5 Å². The zero-order valence-electron chi connectivity index (χ0n) is 13.5. The first-order valence-electron chi connectivity index (χ1n) is 7.99. The molecule has 8 heteroatoms. The molecule has 0 bridgehead atoms. The molecular formula is C17H18FN3O3S. The largest absolute Gasteiger partial charge is 0.378 e. The average Bonchev–Trinajstić information content (AvgIpc) is 3.12.